The third-order valence-corrected chi connectivity index (χ3v) is 9.46. The van der Waals surface area contributed by atoms with Gasteiger partial charge in [-0.05, 0) is 49.2 Å². The summed E-state index contributed by atoms with van der Waals surface area (Å²) < 4.78 is 29.0. The summed E-state index contributed by atoms with van der Waals surface area (Å²) >= 11 is 15.0. The number of hydrogen-bond acceptors (Lipinski definition) is 6. The lowest BCUT2D eigenvalue weighted by atomic mass is 10.2. The Balaban J connectivity index is 1.44. The molecule has 0 aliphatic carbocycles. The maximum absolute atomic E-state index is 12.9. The molecule has 1 fully saturated rings. The number of carbonyl (C=O) groups excluding carboxylic acids is 1. The number of hydrogen-bond donors (Lipinski definition) is 1. The van der Waals surface area contributed by atoms with E-state index in [4.69, 9.17) is 23.2 Å². The van der Waals surface area contributed by atoms with Gasteiger partial charge in [0.2, 0.25) is 15.9 Å². The van der Waals surface area contributed by atoms with Crippen molar-refractivity contribution in [1.82, 2.24) is 9.29 Å². The second kappa shape index (κ2) is 9.64. The van der Waals surface area contributed by atoms with Crippen molar-refractivity contribution in [3.05, 3.63) is 46.4 Å². The van der Waals surface area contributed by atoms with Gasteiger partial charge in [0.25, 0.3) is 0 Å². The number of nitrogens with one attached hydrogen (secondary N) is 1. The minimum atomic E-state index is -3.61. The van der Waals surface area contributed by atoms with E-state index < -0.39 is 10.0 Å². The molecule has 0 radical (unpaired) electrons. The van der Waals surface area contributed by atoms with Gasteiger partial charge in [-0.3, -0.25) is 4.79 Å². The maximum Gasteiger partial charge on any atom is 0.243 e. The van der Waals surface area contributed by atoms with E-state index in [0.29, 0.717) is 18.1 Å². The molecule has 0 spiro atoms. The number of thiazole rings is 1. The fourth-order valence-electron chi connectivity index (χ4n) is 3.27. The Hall–Kier alpha value is -1.36. The van der Waals surface area contributed by atoms with E-state index in [1.54, 1.807) is 12.1 Å². The Morgan fingerprint density at radius 1 is 1.13 bits per heavy atom. The third kappa shape index (κ3) is 5.35. The van der Waals surface area contributed by atoms with Gasteiger partial charge in [-0.25, -0.2) is 13.4 Å². The van der Waals surface area contributed by atoms with Gasteiger partial charge >= 0.3 is 0 Å². The summed E-state index contributed by atoms with van der Waals surface area (Å²) in [6.07, 6.45) is 2.74. The van der Waals surface area contributed by atoms with Gasteiger partial charge in [0.05, 0.1) is 31.6 Å². The van der Waals surface area contributed by atoms with E-state index in [0.717, 1.165) is 33.8 Å². The molecule has 1 aromatic heterocycles. The zero-order chi connectivity index (χ0) is 22.0. The average Bonchev–Trinajstić information content (AvgIpc) is 3.16. The first kappa shape index (κ1) is 22.8. The summed E-state index contributed by atoms with van der Waals surface area (Å²) in [5.41, 5.74) is 1.07. The largest absolute Gasteiger partial charge is 0.324 e. The molecule has 1 N–H and O–H groups in total. The van der Waals surface area contributed by atoms with Gasteiger partial charge < -0.3 is 5.32 Å². The number of sulfonamides is 1. The predicted octanol–water partition coefficient (Wildman–Crippen LogP) is 5.51. The number of rotatable bonds is 6. The Morgan fingerprint density at radius 2 is 1.90 bits per heavy atom. The summed E-state index contributed by atoms with van der Waals surface area (Å²) in [6.45, 7) is 1.02. The number of benzene rings is 2. The molecule has 11 heteroatoms. The summed E-state index contributed by atoms with van der Waals surface area (Å²) in [6, 6.07) is 9.88. The molecule has 0 atom stereocenters. The molecule has 1 aliphatic rings. The van der Waals surface area contributed by atoms with E-state index in [1.807, 2.05) is 6.07 Å². The number of piperidine rings is 1. The Bertz CT molecular complexity index is 1220. The highest BCUT2D eigenvalue weighted by Crippen LogP contribution is 2.32. The van der Waals surface area contributed by atoms with Gasteiger partial charge in [0, 0.05) is 18.1 Å². The quantitative estimate of drug-likeness (QED) is 0.437. The van der Waals surface area contributed by atoms with Gasteiger partial charge in [-0.15, -0.1) is 11.3 Å². The Kier molecular flexibility index (Phi) is 7.10. The van der Waals surface area contributed by atoms with Crippen LogP contribution in [0.1, 0.15) is 19.3 Å². The van der Waals surface area contributed by atoms with E-state index in [9.17, 15) is 13.2 Å². The second-order valence-electron chi connectivity index (χ2n) is 7.04. The number of nitrogens with zero attached hydrogens (tertiary/aromatic N) is 2. The van der Waals surface area contributed by atoms with Crippen LogP contribution >= 0.6 is 46.3 Å². The smallest absolute Gasteiger partial charge is 0.243 e. The van der Waals surface area contributed by atoms with Crippen LogP contribution in [0.4, 0.5) is 5.69 Å². The minimum absolute atomic E-state index is 0.118. The van der Waals surface area contributed by atoms with Crippen molar-refractivity contribution in [3.8, 4) is 0 Å². The van der Waals surface area contributed by atoms with E-state index >= 15 is 0 Å². The van der Waals surface area contributed by atoms with Gasteiger partial charge in [0.15, 0.2) is 4.34 Å². The molecule has 3 aromatic rings. The van der Waals surface area contributed by atoms with E-state index in [1.165, 1.54) is 45.6 Å². The average molecular weight is 516 g/mol. The summed E-state index contributed by atoms with van der Waals surface area (Å²) in [4.78, 5) is 17.1. The van der Waals surface area contributed by atoms with Gasteiger partial charge in [-0.1, -0.05) is 41.4 Å². The lowest BCUT2D eigenvalue weighted by Gasteiger charge is -2.26. The van der Waals surface area contributed by atoms with Crippen molar-refractivity contribution >= 4 is 78.1 Å². The van der Waals surface area contributed by atoms with Crippen molar-refractivity contribution in [2.45, 2.75) is 28.5 Å². The summed E-state index contributed by atoms with van der Waals surface area (Å²) in [5.74, 6) is -0.177. The van der Waals surface area contributed by atoms with Crippen molar-refractivity contribution in [2.24, 2.45) is 0 Å². The number of anilines is 1. The van der Waals surface area contributed by atoms with Crippen LogP contribution < -0.4 is 5.32 Å². The van der Waals surface area contributed by atoms with Crippen LogP contribution in [0.3, 0.4) is 0 Å². The van der Waals surface area contributed by atoms with Crippen LogP contribution in [0, 0.1) is 0 Å². The molecule has 1 amide bonds. The van der Waals surface area contributed by atoms with Gasteiger partial charge in [-0.2, -0.15) is 4.31 Å². The predicted molar refractivity (Wildman–Crippen MR) is 128 cm³/mol. The SMILES string of the molecule is O=C(CSc1nc2cc(Cl)ccc2s1)Nc1cc(S(=O)(=O)N2CCCCC2)ccc1Cl. The van der Waals surface area contributed by atoms with Crippen LogP contribution in [-0.2, 0) is 14.8 Å². The number of halogens is 2. The molecule has 4 rings (SSSR count). The molecule has 6 nitrogen and oxygen atoms in total. The highest BCUT2D eigenvalue weighted by molar-refractivity contribution is 8.01. The Labute approximate surface area is 199 Å². The fourth-order valence-corrected chi connectivity index (χ4v) is 6.99. The highest BCUT2D eigenvalue weighted by atomic mass is 35.5. The first-order valence-corrected chi connectivity index (χ1v) is 13.6. The summed E-state index contributed by atoms with van der Waals surface area (Å²) in [7, 11) is -3.61. The van der Waals surface area contributed by atoms with Crippen molar-refractivity contribution in [1.29, 1.82) is 0 Å². The van der Waals surface area contributed by atoms with Crippen LogP contribution in [0.2, 0.25) is 10.0 Å². The fraction of sp³-hybridized carbons (Fsp3) is 0.300. The molecule has 1 aliphatic heterocycles. The number of aromatic nitrogens is 1. The van der Waals surface area contributed by atoms with E-state index in [-0.39, 0.29) is 27.3 Å². The first-order chi connectivity index (χ1) is 14.8. The van der Waals surface area contributed by atoms with Crippen LogP contribution in [0.15, 0.2) is 45.6 Å². The van der Waals surface area contributed by atoms with Crippen molar-refractivity contribution in [3.63, 3.8) is 0 Å². The molecule has 31 heavy (non-hydrogen) atoms. The summed E-state index contributed by atoms with van der Waals surface area (Å²) in [5, 5.41) is 3.61. The molecule has 2 heterocycles. The normalized spacial score (nSPS) is 15.3. The number of fused-ring (bicyclic) bond motifs is 1. The minimum Gasteiger partial charge on any atom is -0.324 e. The van der Waals surface area contributed by atoms with E-state index in [2.05, 4.69) is 10.3 Å². The third-order valence-electron chi connectivity index (χ3n) is 4.82. The molecular formula is C20H19Cl2N3O3S3. The van der Waals surface area contributed by atoms with Crippen LogP contribution in [0.5, 0.6) is 0 Å². The van der Waals surface area contributed by atoms with Crippen molar-refractivity contribution in [2.75, 3.05) is 24.2 Å². The Morgan fingerprint density at radius 3 is 2.68 bits per heavy atom. The number of thioether (sulfide) groups is 1. The lowest BCUT2D eigenvalue weighted by molar-refractivity contribution is -0.113. The number of carbonyl (C=O) groups is 1. The number of amides is 1. The highest BCUT2D eigenvalue weighted by Gasteiger charge is 2.26. The molecule has 0 saturated carbocycles. The zero-order valence-electron chi connectivity index (χ0n) is 16.3. The standard InChI is InChI=1S/C20H19Cl2N3O3S3/c21-13-4-7-18-17(10-13)24-20(30-18)29-12-19(26)23-16-11-14(5-6-15(16)22)31(27,28)25-8-2-1-3-9-25/h4-7,10-11H,1-3,8-9,12H2,(H,23,26). The topological polar surface area (TPSA) is 79.4 Å². The molecule has 2 aromatic carbocycles. The van der Waals surface area contributed by atoms with Gasteiger partial charge in [0.1, 0.15) is 0 Å². The van der Waals surface area contributed by atoms with Crippen LogP contribution in [0.25, 0.3) is 10.2 Å². The molecule has 0 bridgehead atoms. The molecular weight excluding hydrogens is 497 g/mol. The maximum atomic E-state index is 12.9. The lowest BCUT2D eigenvalue weighted by Crippen LogP contribution is -2.35. The molecule has 1 saturated heterocycles. The van der Waals surface area contributed by atoms with Crippen LogP contribution in [-0.4, -0.2) is 42.5 Å². The molecule has 164 valence electrons. The zero-order valence-corrected chi connectivity index (χ0v) is 20.3. The first-order valence-electron chi connectivity index (χ1n) is 9.61. The second-order valence-corrected chi connectivity index (χ2v) is 12.1. The monoisotopic (exact) mass is 515 g/mol. The molecule has 0 unspecified atom stereocenters. The van der Waals surface area contributed by atoms with Crippen molar-refractivity contribution < 1.29 is 13.2 Å².